The number of carbonyl (C=O) groups excluding carboxylic acids is 2. The van der Waals surface area contributed by atoms with Gasteiger partial charge in [-0.3, -0.25) is 4.79 Å². The van der Waals surface area contributed by atoms with Crippen LogP contribution < -0.4 is 10.1 Å². The van der Waals surface area contributed by atoms with Crippen LogP contribution in [-0.2, 0) is 22.4 Å². The first kappa shape index (κ1) is 18.1. The number of aromatic amines is 1. The first-order chi connectivity index (χ1) is 13.6. The molecule has 6 nitrogen and oxygen atoms in total. The number of hydrogen-bond acceptors (Lipinski definition) is 4. The number of benzene rings is 2. The molecule has 0 spiro atoms. The highest BCUT2D eigenvalue weighted by Crippen LogP contribution is 2.34. The molecule has 2 N–H and O–H groups in total. The molecule has 3 aromatic rings. The lowest BCUT2D eigenvalue weighted by Gasteiger charge is -2.22. The van der Waals surface area contributed by atoms with Gasteiger partial charge in [0, 0.05) is 22.5 Å². The zero-order valence-corrected chi connectivity index (χ0v) is 15.9. The Morgan fingerprint density at radius 1 is 1.14 bits per heavy atom. The molecular weight excluding hydrogens is 356 g/mol. The average Bonchev–Trinajstić information content (AvgIpc) is 3.10. The van der Waals surface area contributed by atoms with Crippen molar-refractivity contribution in [2.45, 2.75) is 19.3 Å². The van der Waals surface area contributed by atoms with Crippen LogP contribution >= 0.6 is 0 Å². The number of ether oxygens (including phenoxy) is 2. The van der Waals surface area contributed by atoms with E-state index in [0.29, 0.717) is 17.7 Å². The van der Waals surface area contributed by atoms with E-state index in [1.807, 2.05) is 18.2 Å². The summed E-state index contributed by atoms with van der Waals surface area (Å²) in [5.74, 6) is 0.0843. The highest BCUT2D eigenvalue weighted by molar-refractivity contribution is 6.02. The molecule has 1 heterocycles. The summed E-state index contributed by atoms with van der Waals surface area (Å²) in [5, 5.41) is 4.01. The zero-order chi connectivity index (χ0) is 19.7. The molecular formula is C22H22N2O4. The number of hydrogen-bond donors (Lipinski definition) is 2. The summed E-state index contributed by atoms with van der Waals surface area (Å²) in [6.07, 6.45) is 2.21. The molecule has 1 aliphatic carbocycles. The lowest BCUT2D eigenvalue weighted by Crippen LogP contribution is -2.28. The predicted molar refractivity (Wildman–Crippen MR) is 107 cm³/mol. The van der Waals surface area contributed by atoms with Crippen molar-refractivity contribution in [1.82, 2.24) is 4.98 Å². The van der Waals surface area contributed by atoms with Crippen molar-refractivity contribution < 1.29 is 19.1 Å². The number of carbonyl (C=O) groups is 2. The third-order valence-corrected chi connectivity index (χ3v) is 5.36. The molecule has 0 radical (unpaired) electrons. The zero-order valence-electron chi connectivity index (χ0n) is 15.9. The van der Waals surface area contributed by atoms with Gasteiger partial charge in [0.2, 0.25) is 5.91 Å². The summed E-state index contributed by atoms with van der Waals surface area (Å²) in [5.41, 5.74) is 4.24. The third kappa shape index (κ3) is 3.22. The van der Waals surface area contributed by atoms with Crippen molar-refractivity contribution in [1.29, 1.82) is 0 Å². The number of methoxy groups -OCH3 is 2. The predicted octanol–water partition coefficient (Wildman–Crippen LogP) is 3.71. The summed E-state index contributed by atoms with van der Waals surface area (Å²) in [6, 6.07) is 12.8. The van der Waals surface area contributed by atoms with Gasteiger partial charge in [0.25, 0.3) is 0 Å². The van der Waals surface area contributed by atoms with Crippen molar-refractivity contribution in [3.05, 3.63) is 59.3 Å². The number of rotatable bonds is 4. The monoisotopic (exact) mass is 378 g/mol. The maximum Gasteiger partial charge on any atom is 0.339 e. The van der Waals surface area contributed by atoms with Gasteiger partial charge in [0.15, 0.2) is 0 Å². The largest absolute Gasteiger partial charge is 0.497 e. The van der Waals surface area contributed by atoms with Gasteiger partial charge in [0.05, 0.1) is 25.5 Å². The Morgan fingerprint density at radius 3 is 2.75 bits per heavy atom. The molecule has 28 heavy (non-hydrogen) atoms. The minimum atomic E-state index is -0.467. The second-order valence-corrected chi connectivity index (χ2v) is 6.96. The first-order valence-electron chi connectivity index (χ1n) is 9.26. The number of aryl methyl sites for hydroxylation is 1. The highest BCUT2D eigenvalue weighted by atomic mass is 16.5. The maximum absolute atomic E-state index is 12.9. The van der Waals surface area contributed by atoms with E-state index in [0.717, 1.165) is 29.5 Å². The topological polar surface area (TPSA) is 80.4 Å². The van der Waals surface area contributed by atoms with Crippen LogP contribution in [0.1, 0.15) is 28.0 Å². The van der Waals surface area contributed by atoms with E-state index in [2.05, 4.69) is 10.3 Å². The third-order valence-electron chi connectivity index (χ3n) is 5.36. The van der Waals surface area contributed by atoms with E-state index in [4.69, 9.17) is 9.47 Å². The van der Waals surface area contributed by atoms with E-state index < -0.39 is 5.97 Å². The van der Waals surface area contributed by atoms with Gasteiger partial charge in [0.1, 0.15) is 5.75 Å². The van der Waals surface area contributed by atoms with Crippen LogP contribution in [0.15, 0.2) is 42.5 Å². The van der Waals surface area contributed by atoms with Gasteiger partial charge >= 0.3 is 5.97 Å². The van der Waals surface area contributed by atoms with Crippen molar-refractivity contribution in [3.63, 3.8) is 0 Å². The SMILES string of the molecule is COC(=O)c1ccccc1NC(=O)C1CCc2[nH]c3ccc(OC)cc3c2C1. The van der Waals surface area contributed by atoms with E-state index in [1.165, 1.54) is 18.4 Å². The van der Waals surface area contributed by atoms with Crippen molar-refractivity contribution in [2.24, 2.45) is 5.92 Å². The Balaban J connectivity index is 1.58. The van der Waals surface area contributed by atoms with Crippen LogP contribution in [0.25, 0.3) is 10.9 Å². The Bertz CT molecular complexity index is 1050. The molecule has 1 aliphatic rings. The smallest absolute Gasteiger partial charge is 0.339 e. The number of anilines is 1. The Kier molecular flexibility index (Phi) is 4.77. The molecule has 0 fully saturated rings. The second-order valence-electron chi connectivity index (χ2n) is 6.96. The lowest BCUT2D eigenvalue weighted by molar-refractivity contribution is -0.120. The summed E-state index contributed by atoms with van der Waals surface area (Å²) in [6.45, 7) is 0. The number of fused-ring (bicyclic) bond motifs is 3. The summed E-state index contributed by atoms with van der Waals surface area (Å²) < 4.78 is 10.1. The summed E-state index contributed by atoms with van der Waals surface area (Å²) in [4.78, 5) is 28.3. The van der Waals surface area contributed by atoms with E-state index >= 15 is 0 Å². The molecule has 2 aromatic carbocycles. The van der Waals surface area contributed by atoms with E-state index in [-0.39, 0.29) is 11.8 Å². The standard InChI is InChI=1S/C22H22N2O4/c1-27-14-8-10-20-17(12-14)16-11-13(7-9-19(16)23-20)21(25)24-18-6-4-3-5-15(18)22(26)28-2/h3-6,8,10,12-13,23H,7,9,11H2,1-2H3,(H,24,25). The van der Waals surface area contributed by atoms with Crippen LogP contribution in [0.2, 0.25) is 0 Å². The number of nitrogens with one attached hydrogen (secondary N) is 2. The van der Waals surface area contributed by atoms with Crippen LogP contribution in [0.4, 0.5) is 5.69 Å². The number of aromatic nitrogens is 1. The minimum absolute atomic E-state index is 0.0840. The van der Waals surface area contributed by atoms with Crippen molar-refractivity contribution >= 4 is 28.5 Å². The van der Waals surface area contributed by atoms with Gasteiger partial charge in [-0.1, -0.05) is 12.1 Å². The molecule has 6 heteroatoms. The van der Waals surface area contributed by atoms with E-state index in [9.17, 15) is 9.59 Å². The fourth-order valence-corrected chi connectivity index (χ4v) is 3.86. The molecule has 0 saturated heterocycles. The Hall–Kier alpha value is -3.28. The molecule has 4 rings (SSSR count). The van der Waals surface area contributed by atoms with E-state index in [1.54, 1.807) is 31.4 Å². The number of H-pyrrole nitrogens is 1. The Morgan fingerprint density at radius 2 is 1.96 bits per heavy atom. The number of amides is 1. The van der Waals surface area contributed by atoms with Gasteiger partial charge in [-0.25, -0.2) is 4.79 Å². The van der Waals surface area contributed by atoms with Gasteiger partial charge in [-0.2, -0.15) is 0 Å². The quantitative estimate of drug-likeness (QED) is 0.678. The van der Waals surface area contributed by atoms with Gasteiger partial charge in [-0.05, 0) is 55.2 Å². The van der Waals surface area contributed by atoms with Crippen LogP contribution in [0.5, 0.6) is 5.75 Å². The lowest BCUT2D eigenvalue weighted by atomic mass is 9.85. The van der Waals surface area contributed by atoms with Crippen LogP contribution in [0.3, 0.4) is 0 Å². The minimum Gasteiger partial charge on any atom is -0.497 e. The summed E-state index contributed by atoms with van der Waals surface area (Å²) in [7, 11) is 2.98. The first-order valence-corrected chi connectivity index (χ1v) is 9.26. The molecule has 0 aliphatic heterocycles. The molecule has 1 unspecified atom stereocenters. The van der Waals surface area contributed by atoms with Crippen molar-refractivity contribution in [3.8, 4) is 5.75 Å². The fraction of sp³-hybridized carbons (Fsp3) is 0.273. The molecule has 1 atom stereocenters. The molecule has 144 valence electrons. The molecule has 1 amide bonds. The van der Waals surface area contributed by atoms with Crippen LogP contribution in [-0.4, -0.2) is 31.1 Å². The van der Waals surface area contributed by atoms with Crippen molar-refractivity contribution in [2.75, 3.05) is 19.5 Å². The molecule has 1 aromatic heterocycles. The maximum atomic E-state index is 12.9. The molecule has 0 saturated carbocycles. The average molecular weight is 378 g/mol. The number of para-hydroxylation sites is 1. The fourth-order valence-electron chi connectivity index (χ4n) is 3.86. The normalized spacial score (nSPS) is 15.7. The Labute approximate surface area is 162 Å². The second kappa shape index (κ2) is 7.38. The van der Waals surface area contributed by atoms with Gasteiger partial charge < -0.3 is 19.8 Å². The summed E-state index contributed by atoms with van der Waals surface area (Å²) >= 11 is 0. The number of esters is 1. The van der Waals surface area contributed by atoms with Gasteiger partial charge in [-0.15, -0.1) is 0 Å². The van der Waals surface area contributed by atoms with Crippen LogP contribution in [0, 0.1) is 5.92 Å². The molecule has 0 bridgehead atoms. The highest BCUT2D eigenvalue weighted by Gasteiger charge is 2.28.